The predicted octanol–water partition coefficient (Wildman–Crippen LogP) is 3.19. The van der Waals surface area contributed by atoms with E-state index in [-0.39, 0.29) is 5.78 Å². The van der Waals surface area contributed by atoms with Gasteiger partial charge in [0.2, 0.25) is 0 Å². The molecule has 3 heteroatoms. The summed E-state index contributed by atoms with van der Waals surface area (Å²) in [4.78, 5) is 14.8. The van der Waals surface area contributed by atoms with Crippen LogP contribution in [0.3, 0.4) is 0 Å². The summed E-state index contributed by atoms with van der Waals surface area (Å²) in [5, 5.41) is 0. The zero-order chi connectivity index (χ0) is 14.9. The van der Waals surface area contributed by atoms with E-state index in [0.717, 1.165) is 41.9 Å². The van der Waals surface area contributed by atoms with Gasteiger partial charge in [-0.05, 0) is 57.7 Å². The SMILES string of the molecule is Cc1cc(C(=O)CN2CCC(C(C)C)CC2)c(C)n1C. The van der Waals surface area contributed by atoms with Gasteiger partial charge >= 0.3 is 0 Å². The Bertz CT molecular complexity index is 479. The summed E-state index contributed by atoms with van der Waals surface area (Å²) in [6.07, 6.45) is 2.47. The van der Waals surface area contributed by atoms with Crippen LogP contribution in [-0.2, 0) is 7.05 Å². The van der Waals surface area contributed by atoms with Crippen molar-refractivity contribution in [1.29, 1.82) is 0 Å². The van der Waals surface area contributed by atoms with Crippen LogP contribution in [0.1, 0.15) is 48.4 Å². The van der Waals surface area contributed by atoms with Crippen LogP contribution in [0.4, 0.5) is 0 Å². The Balaban J connectivity index is 1.94. The molecule has 3 nitrogen and oxygen atoms in total. The van der Waals surface area contributed by atoms with E-state index in [0.29, 0.717) is 6.54 Å². The maximum Gasteiger partial charge on any atom is 0.178 e. The second kappa shape index (κ2) is 6.13. The molecule has 1 fully saturated rings. The van der Waals surface area contributed by atoms with Crippen molar-refractivity contribution in [3.05, 3.63) is 23.0 Å². The van der Waals surface area contributed by atoms with Gasteiger partial charge in [-0.1, -0.05) is 13.8 Å². The van der Waals surface area contributed by atoms with Crippen molar-refractivity contribution in [3.8, 4) is 0 Å². The molecule has 1 aliphatic rings. The lowest BCUT2D eigenvalue weighted by atomic mass is 9.86. The van der Waals surface area contributed by atoms with Crippen LogP contribution in [0.5, 0.6) is 0 Å². The van der Waals surface area contributed by atoms with E-state index in [2.05, 4.69) is 30.2 Å². The van der Waals surface area contributed by atoms with E-state index in [1.54, 1.807) is 0 Å². The molecule has 0 bridgehead atoms. The molecule has 112 valence electrons. The molecule has 0 radical (unpaired) electrons. The minimum atomic E-state index is 0.272. The number of aromatic nitrogens is 1. The monoisotopic (exact) mass is 276 g/mol. The normalized spacial score (nSPS) is 17.9. The van der Waals surface area contributed by atoms with Gasteiger partial charge in [0.15, 0.2) is 5.78 Å². The fourth-order valence-corrected chi connectivity index (χ4v) is 3.20. The van der Waals surface area contributed by atoms with Gasteiger partial charge in [0, 0.05) is 24.0 Å². The van der Waals surface area contributed by atoms with Gasteiger partial charge in [-0.3, -0.25) is 9.69 Å². The topological polar surface area (TPSA) is 25.2 Å². The molecule has 2 rings (SSSR count). The van der Waals surface area contributed by atoms with Crippen LogP contribution in [0, 0.1) is 25.7 Å². The highest BCUT2D eigenvalue weighted by atomic mass is 16.1. The number of aryl methyl sites for hydroxylation is 1. The van der Waals surface area contributed by atoms with Crippen LogP contribution in [0.25, 0.3) is 0 Å². The number of nitrogens with zero attached hydrogens (tertiary/aromatic N) is 2. The number of carbonyl (C=O) groups excluding carboxylic acids is 1. The molecule has 0 N–H and O–H groups in total. The molecule has 0 aromatic carbocycles. The second-order valence-corrected chi connectivity index (χ2v) is 6.62. The third-order valence-electron chi connectivity index (χ3n) is 5.02. The van der Waals surface area contributed by atoms with E-state index < -0.39 is 0 Å². The number of carbonyl (C=O) groups is 1. The number of Topliss-reactive ketones (excluding diaryl/α,β-unsaturated/α-hetero) is 1. The molecule has 1 aromatic rings. The van der Waals surface area contributed by atoms with Crippen LogP contribution in [0.15, 0.2) is 6.07 Å². The molecule has 2 heterocycles. The van der Waals surface area contributed by atoms with E-state index in [4.69, 9.17) is 0 Å². The number of hydrogen-bond acceptors (Lipinski definition) is 2. The van der Waals surface area contributed by atoms with Gasteiger partial charge in [0.25, 0.3) is 0 Å². The first-order valence-electron chi connectivity index (χ1n) is 7.78. The highest BCUT2D eigenvalue weighted by Gasteiger charge is 2.24. The van der Waals surface area contributed by atoms with Gasteiger partial charge in [-0.2, -0.15) is 0 Å². The number of likely N-dealkylation sites (tertiary alicyclic amines) is 1. The molecule has 0 amide bonds. The Labute approximate surface area is 123 Å². The number of rotatable bonds is 4. The largest absolute Gasteiger partial charge is 0.351 e. The molecule has 1 aromatic heterocycles. The van der Waals surface area contributed by atoms with Crippen molar-refractivity contribution in [3.63, 3.8) is 0 Å². The van der Waals surface area contributed by atoms with Crippen molar-refractivity contribution in [2.75, 3.05) is 19.6 Å². The number of ketones is 1. The van der Waals surface area contributed by atoms with Crippen molar-refractivity contribution in [2.24, 2.45) is 18.9 Å². The average Bonchev–Trinajstić information content (AvgIpc) is 2.67. The third-order valence-corrected chi connectivity index (χ3v) is 5.02. The van der Waals surface area contributed by atoms with Crippen molar-refractivity contribution in [2.45, 2.75) is 40.5 Å². The van der Waals surface area contributed by atoms with Gasteiger partial charge in [0.1, 0.15) is 0 Å². The summed E-state index contributed by atoms with van der Waals surface area (Å²) >= 11 is 0. The predicted molar refractivity (Wildman–Crippen MR) is 83.2 cm³/mol. The second-order valence-electron chi connectivity index (χ2n) is 6.62. The summed E-state index contributed by atoms with van der Waals surface area (Å²) in [6, 6.07) is 2.03. The fourth-order valence-electron chi connectivity index (χ4n) is 3.20. The Hall–Kier alpha value is -1.09. The first-order valence-corrected chi connectivity index (χ1v) is 7.78. The van der Waals surface area contributed by atoms with Gasteiger partial charge in [0.05, 0.1) is 6.54 Å². The van der Waals surface area contributed by atoms with Gasteiger partial charge < -0.3 is 4.57 Å². The summed E-state index contributed by atoms with van der Waals surface area (Å²) in [5.74, 6) is 1.88. The summed E-state index contributed by atoms with van der Waals surface area (Å²) in [7, 11) is 2.02. The quantitative estimate of drug-likeness (QED) is 0.789. The van der Waals surface area contributed by atoms with Crippen LogP contribution >= 0.6 is 0 Å². The van der Waals surface area contributed by atoms with Crippen molar-refractivity contribution < 1.29 is 4.79 Å². The summed E-state index contributed by atoms with van der Waals surface area (Å²) in [5.41, 5.74) is 3.14. The van der Waals surface area contributed by atoms with Gasteiger partial charge in [-0.15, -0.1) is 0 Å². The molecule has 0 atom stereocenters. The van der Waals surface area contributed by atoms with E-state index >= 15 is 0 Å². The molecular weight excluding hydrogens is 248 g/mol. The molecule has 0 unspecified atom stereocenters. The minimum absolute atomic E-state index is 0.272. The molecule has 0 spiro atoms. The highest BCUT2D eigenvalue weighted by Crippen LogP contribution is 2.24. The zero-order valence-corrected chi connectivity index (χ0v) is 13.6. The summed E-state index contributed by atoms with van der Waals surface area (Å²) < 4.78 is 2.10. The highest BCUT2D eigenvalue weighted by molar-refractivity contribution is 5.99. The number of hydrogen-bond donors (Lipinski definition) is 0. The molecule has 0 aliphatic carbocycles. The standard InChI is InChI=1S/C17H28N2O/c1-12(2)15-6-8-19(9-7-15)11-17(20)16-10-13(3)18(5)14(16)4/h10,12,15H,6-9,11H2,1-5H3. The fraction of sp³-hybridized carbons (Fsp3) is 0.706. The smallest absolute Gasteiger partial charge is 0.178 e. The first kappa shape index (κ1) is 15.3. The third kappa shape index (κ3) is 3.14. The maximum absolute atomic E-state index is 12.5. The molecule has 1 saturated heterocycles. The van der Waals surface area contributed by atoms with E-state index in [1.807, 2.05) is 20.0 Å². The lowest BCUT2D eigenvalue weighted by molar-refractivity contribution is 0.0879. The minimum Gasteiger partial charge on any atom is -0.351 e. The van der Waals surface area contributed by atoms with Gasteiger partial charge in [-0.25, -0.2) is 0 Å². The average molecular weight is 276 g/mol. The Morgan fingerprint density at radius 3 is 2.35 bits per heavy atom. The van der Waals surface area contributed by atoms with Crippen molar-refractivity contribution >= 4 is 5.78 Å². The molecular formula is C17H28N2O. The lowest BCUT2D eigenvalue weighted by Crippen LogP contribution is -2.38. The maximum atomic E-state index is 12.5. The Morgan fingerprint density at radius 1 is 1.30 bits per heavy atom. The number of piperidine rings is 1. The van der Waals surface area contributed by atoms with Crippen molar-refractivity contribution in [1.82, 2.24) is 9.47 Å². The Kier molecular flexibility index (Phi) is 4.69. The summed E-state index contributed by atoms with van der Waals surface area (Å²) in [6.45, 7) is 11.4. The molecule has 1 aliphatic heterocycles. The van der Waals surface area contributed by atoms with Crippen LogP contribution in [-0.4, -0.2) is 34.9 Å². The van der Waals surface area contributed by atoms with Crippen LogP contribution in [0.2, 0.25) is 0 Å². The van der Waals surface area contributed by atoms with Crippen LogP contribution < -0.4 is 0 Å². The lowest BCUT2D eigenvalue weighted by Gasteiger charge is -2.33. The van der Waals surface area contributed by atoms with E-state index in [9.17, 15) is 4.79 Å². The molecule has 0 saturated carbocycles. The van der Waals surface area contributed by atoms with E-state index in [1.165, 1.54) is 12.8 Å². The zero-order valence-electron chi connectivity index (χ0n) is 13.6. The Morgan fingerprint density at radius 2 is 1.90 bits per heavy atom. The molecule has 20 heavy (non-hydrogen) atoms. The first-order chi connectivity index (χ1) is 9.40.